The molecule has 0 spiro atoms. The normalized spacial score (nSPS) is 23.0. The number of carboxylic acid groups (broad SMARTS) is 1. The summed E-state index contributed by atoms with van der Waals surface area (Å²) in [6, 6.07) is -0.230. The van der Waals surface area contributed by atoms with E-state index >= 15 is 0 Å². The van der Waals surface area contributed by atoms with Gasteiger partial charge in [0.25, 0.3) is 10.0 Å². The summed E-state index contributed by atoms with van der Waals surface area (Å²) in [5, 5.41) is 14.1. The Balaban J connectivity index is 2.04. The van der Waals surface area contributed by atoms with Crippen molar-refractivity contribution >= 4 is 16.0 Å². The molecule has 1 aliphatic rings. The molecule has 19 heavy (non-hydrogen) atoms. The SMILES string of the molecule is CCOC1CC(NS(=O)(=O)c2[nH]ncc2C(=O)O)C1. The first kappa shape index (κ1) is 14.0. The van der Waals surface area contributed by atoms with E-state index in [4.69, 9.17) is 9.84 Å². The van der Waals surface area contributed by atoms with Crippen molar-refractivity contribution in [3.8, 4) is 0 Å². The smallest absolute Gasteiger partial charge is 0.340 e. The number of sulfonamides is 1. The lowest BCUT2D eigenvalue weighted by molar-refractivity contribution is -0.00478. The van der Waals surface area contributed by atoms with Crippen LogP contribution < -0.4 is 4.72 Å². The van der Waals surface area contributed by atoms with E-state index in [0.29, 0.717) is 19.4 Å². The van der Waals surface area contributed by atoms with Crippen LogP contribution in [0.4, 0.5) is 0 Å². The molecule has 0 radical (unpaired) electrons. The fraction of sp³-hybridized carbons (Fsp3) is 0.600. The second kappa shape index (κ2) is 5.27. The Kier molecular flexibility index (Phi) is 3.88. The molecule has 0 bridgehead atoms. The van der Waals surface area contributed by atoms with E-state index < -0.39 is 21.0 Å². The predicted octanol–water partition coefficient (Wildman–Crippen LogP) is -0.0463. The van der Waals surface area contributed by atoms with Crippen LogP contribution in [0.2, 0.25) is 0 Å². The Labute approximate surface area is 110 Å². The molecule has 1 saturated carbocycles. The summed E-state index contributed by atoms with van der Waals surface area (Å²) in [4.78, 5) is 10.9. The first-order valence-corrected chi connectivity index (χ1v) is 7.33. The highest BCUT2D eigenvalue weighted by atomic mass is 32.2. The van der Waals surface area contributed by atoms with Crippen molar-refractivity contribution in [1.82, 2.24) is 14.9 Å². The first-order chi connectivity index (χ1) is 8.94. The lowest BCUT2D eigenvalue weighted by atomic mass is 9.90. The van der Waals surface area contributed by atoms with Gasteiger partial charge in [0, 0.05) is 12.6 Å². The monoisotopic (exact) mass is 289 g/mol. The van der Waals surface area contributed by atoms with E-state index in [-0.39, 0.29) is 17.7 Å². The standard InChI is InChI=1S/C10H15N3O5S/c1-2-18-7-3-6(4-7)13-19(16,17)9-8(10(14)15)5-11-12-9/h5-7,13H,2-4H2,1H3,(H,11,12)(H,14,15). The number of rotatable bonds is 6. The number of aromatic amines is 1. The van der Waals surface area contributed by atoms with Gasteiger partial charge in [-0.1, -0.05) is 0 Å². The molecule has 0 aromatic carbocycles. The fourth-order valence-corrected chi connectivity index (χ4v) is 3.30. The van der Waals surface area contributed by atoms with E-state index in [2.05, 4.69) is 14.9 Å². The average molecular weight is 289 g/mol. The largest absolute Gasteiger partial charge is 0.478 e. The molecular formula is C10H15N3O5S. The Bertz CT molecular complexity index is 561. The summed E-state index contributed by atoms with van der Waals surface area (Å²) >= 11 is 0. The van der Waals surface area contributed by atoms with Crippen LogP contribution in [0.15, 0.2) is 11.2 Å². The Morgan fingerprint density at radius 1 is 1.63 bits per heavy atom. The molecule has 8 nitrogen and oxygen atoms in total. The number of hydrogen-bond donors (Lipinski definition) is 3. The van der Waals surface area contributed by atoms with E-state index in [1.807, 2.05) is 6.92 Å². The second-order valence-electron chi connectivity index (χ2n) is 4.28. The van der Waals surface area contributed by atoms with Gasteiger partial charge in [-0.3, -0.25) is 5.10 Å². The van der Waals surface area contributed by atoms with Crippen LogP contribution in [0.3, 0.4) is 0 Å². The molecule has 0 saturated heterocycles. The molecule has 0 atom stereocenters. The predicted molar refractivity (Wildman–Crippen MR) is 64.3 cm³/mol. The van der Waals surface area contributed by atoms with Crippen LogP contribution in [0.25, 0.3) is 0 Å². The molecular weight excluding hydrogens is 274 g/mol. The minimum atomic E-state index is -3.90. The van der Waals surface area contributed by atoms with Crippen molar-refractivity contribution in [3.05, 3.63) is 11.8 Å². The van der Waals surface area contributed by atoms with Crippen molar-refractivity contribution < 1.29 is 23.1 Å². The Hall–Kier alpha value is -1.45. The number of aromatic carboxylic acids is 1. The van der Waals surface area contributed by atoms with E-state index in [1.54, 1.807) is 0 Å². The second-order valence-corrected chi connectivity index (χ2v) is 5.94. The summed E-state index contributed by atoms with van der Waals surface area (Å²) in [7, 11) is -3.90. The maximum absolute atomic E-state index is 12.0. The zero-order valence-corrected chi connectivity index (χ0v) is 11.1. The summed E-state index contributed by atoms with van der Waals surface area (Å²) in [6.07, 6.45) is 2.21. The van der Waals surface area contributed by atoms with Gasteiger partial charge in [-0.05, 0) is 19.8 Å². The van der Waals surface area contributed by atoms with Crippen LogP contribution in [-0.4, -0.2) is 48.4 Å². The van der Waals surface area contributed by atoms with Crippen molar-refractivity contribution in [2.45, 2.75) is 36.9 Å². The molecule has 1 aromatic rings. The highest BCUT2D eigenvalue weighted by Crippen LogP contribution is 2.25. The third-order valence-electron chi connectivity index (χ3n) is 2.92. The fourth-order valence-electron chi connectivity index (χ4n) is 1.94. The lowest BCUT2D eigenvalue weighted by Crippen LogP contribution is -2.48. The minimum Gasteiger partial charge on any atom is -0.478 e. The number of aromatic nitrogens is 2. The highest BCUT2D eigenvalue weighted by Gasteiger charge is 2.35. The molecule has 0 aliphatic heterocycles. The number of ether oxygens (including phenoxy) is 1. The summed E-state index contributed by atoms with van der Waals surface area (Å²) in [5.74, 6) is -1.34. The third kappa shape index (κ3) is 2.94. The van der Waals surface area contributed by atoms with Crippen LogP contribution >= 0.6 is 0 Å². The number of nitrogens with zero attached hydrogens (tertiary/aromatic N) is 1. The number of nitrogens with one attached hydrogen (secondary N) is 2. The van der Waals surface area contributed by atoms with Gasteiger partial charge in [-0.25, -0.2) is 17.9 Å². The van der Waals surface area contributed by atoms with Crippen LogP contribution in [0.1, 0.15) is 30.1 Å². The molecule has 0 amide bonds. The Morgan fingerprint density at radius 2 is 2.32 bits per heavy atom. The molecule has 0 unspecified atom stereocenters. The van der Waals surface area contributed by atoms with Gasteiger partial charge >= 0.3 is 5.97 Å². The number of H-pyrrole nitrogens is 1. The molecule has 106 valence electrons. The van der Waals surface area contributed by atoms with Crippen molar-refractivity contribution in [3.63, 3.8) is 0 Å². The van der Waals surface area contributed by atoms with Gasteiger partial charge in [-0.15, -0.1) is 0 Å². The number of hydrogen-bond acceptors (Lipinski definition) is 5. The maximum atomic E-state index is 12.0. The van der Waals surface area contributed by atoms with Crippen LogP contribution in [-0.2, 0) is 14.8 Å². The summed E-state index contributed by atoms with van der Waals surface area (Å²) in [5.41, 5.74) is -0.367. The van der Waals surface area contributed by atoms with Crippen LogP contribution in [0, 0.1) is 0 Å². The molecule has 1 aliphatic carbocycles. The zero-order chi connectivity index (χ0) is 14.0. The van der Waals surface area contributed by atoms with E-state index in [9.17, 15) is 13.2 Å². The number of carboxylic acids is 1. The highest BCUT2D eigenvalue weighted by molar-refractivity contribution is 7.89. The van der Waals surface area contributed by atoms with E-state index in [0.717, 1.165) is 6.20 Å². The van der Waals surface area contributed by atoms with Gasteiger partial charge in [0.05, 0.1) is 12.3 Å². The molecule has 3 N–H and O–H groups in total. The summed E-state index contributed by atoms with van der Waals surface area (Å²) < 4.78 is 31.8. The van der Waals surface area contributed by atoms with Gasteiger partial charge in [0.2, 0.25) is 0 Å². The molecule has 1 fully saturated rings. The van der Waals surface area contributed by atoms with Crippen molar-refractivity contribution in [2.24, 2.45) is 0 Å². The zero-order valence-electron chi connectivity index (χ0n) is 10.3. The lowest BCUT2D eigenvalue weighted by Gasteiger charge is -2.34. The first-order valence-electron chi connectivity index (χ1n) is 5.84. The Morgan fingerprint density at radius 3 is 2.89 bits per heavy atom. The number of carbonyl (C=O) groups is 1. The maximum Gasteiger partial charge on any atom is 0.340 e. The minimum absolute atomic E-state index is 0.0680. The third-order valence-corrected chi connectivity index (χ3v) is 4.41. The molecule has 2 rings (SSSR count). The topological polar surface area (TPSA) is 121 Å². The molecule has 1 heterocycles. The average Bonchev–Trinajstić information content (AvgIpc) is 2.75. The van der Waals surface area contributed by atoms with Crippen LogP contribution in [0.5, 0.6) is 0 Å². The van der Waals surface area contributed by atoms with Crippen molar-refractivity contribution in [1.29, 1.82) is 0 Å². The van der Waals surface area contributed by atoms with Gasteiger partial charge in [0.1, 0.15) is 5.56 Å². The van der Waals surface area contributed by atoms with Gasteiger partial charge in [-0.2, -0.15) is 5.10 Å². The molecule has 1 aromatic heterocycles. The van der Waals surface area contributed by atoms with Crippen molar-refractivity contribution in [2.75, 3.05) is 6.61 Å². The summed E-state index contributed by atoms with van der Waals surface area (Å²) in [6.45, 7) is 2.47. The van der Waals surface area contributed by atoms with E-state index in [1.165, 1.54) is 0 Å². The molecule has 9 heteroatoms. The quantitative estimate of drug-likeness (QED) is 0.675. The van der Waals surface area contributed by atoms with Gasteiger partial charge < -0.3 is 9.84 Å². The van der Waals surface area contributed by atoms with Gasteiger partial charge in [0.15, 0.2) is 5.03 Å².